The van der Waals surface area contributed by atoms with E-state index in [-0.39, 0.29) is 12.1 Å². The van der Waals surface area contributed by atoms with E-state index in [1.165, 1.54) is 16.4 Å². The van der Waals surface area contributed by atoms with Crippen molar-refractivity contribution in [2.45, 2.75) is 37.6 Å². The molecule has 144 valence electrons. The smallest absolute Gasteiger partial charge is 0.246 e. The van der Waals surface area contributed by atoms with Crippen molar-refractivity contribution in [2.75, 3.05) is 6.54 Å². The van der Waals surface area contributed by atoms with Crippen LogP contribution in [0.1, 0.15) is 25.5 Å². The maximum absolute atomic E-state index is 13.8. The molecule has 3 rings (SSSR count). The van der Waals surface area contributed by atoms with Gasteiger partial charge in [0.05, 0.1) is 5.39 Å². The first-order valence-electron chi connectivity index (χ1n) is 8.43. The van der Waals surface area contributed by atoms with E-state index < -0.39 is 18.0 Å². The summed E-state index contributed by atoms with van der Waals surface area (Å²) in [5.74, 6) is -0.575. The summed E-state index contributed by atoms with van der Waals surface area (Å²) in [5.41, 5.74) is 0.611. The summed E-state index contributed by atoms with van der Waals surface area (Å²) in [6, 6.07) is 6.05. The number of benzene rings is 1. The highest BCUT2D eigenvalue weighted by Gasteiger charge is 2.45. The summed E-state index contributed by atoms with van der Waals surface area (Å²) in [6.45, 7) is 4.21. The van der Waals surface area contributed by atoms with Crippen LogP contribution in [0.4, 0.5) is 17.6 Å². The Labute approximate surface area is 158 Å². The zero-order valence-electron chi connectivity index (χ0n) is 14.7. The van der Waals surface area contributed by atoms with E-state index in [0.717, 1.165) is 24.1 Å². The molecule has 0 N–H and O–H groups in total. The molecule has 0 spiro atoms. The van der Waals surface area contributed by atoms with Crippen molar-refractivity contribution in [1.82, 2.24) is 19.1 Å². The van der Waals surface area contributed by atoms with Gasteiger partial charge in [-0.2, -0.15) is 18.3 Å². The first kappa shape index (κ1) is 19.6. The van der Waals surface area contributed by atoms with Gasteiger partial charge >= 0.3 is 6.18 Å². The van der Waals surface area contributed by atoms with Crippen molar-refractivity contribution in [2.24, 2.45) is 0 Å². The van der Waals surface area contributed by atoms with Gasteiger partial charge in [-0.05, 0) is 48.7 Å². The molecule has 27 heavy (non-hydrogen) atoms. The Morgan fingerprint density at radius 1 is 1.15 bits per heavy atom. The molecular formula is C18H18F4N4S. The number of alkyl halides is 3. The third kappa shape index (κ3) is 4.08. The Hall–Kier alpha value is -2.13. The number of aromatic nitrogens is 3. The molecule has 4 nitrogen and oxygen atoms in total. The van der Waals surface area contributed by atoms with Crippen LogP contribution >= 0.6 is 11.9 Å². The van der Waals surface area contributed by atoms with E-state index in [9.17, 15) is 17.6 Å². The molecule has 0 bridgehead atoms. The average Bonchev–Trinajstić information content (AvgIpc) is 2.99. The van der Waals surface area contributed by atoms with Crippen LogP contribution in [-0.4, -0.2) is 31.8 Å². The molecule has 0 aliphatic heterocycles. The first-order chi connectivity index (χ1) is 12.8. The molecule has 2 aromatic heterocycles. The lowest BCUT2D eigenvalue weighted by atomic mass is 10.1. The van der Waals surface area contributed by atoms with Crippen LogP contribution in [0, 0.1) is 5.82 Å². The highest BCUT2D eigenvalue weighted by atomic mass is 32.2. The van der Waals surface area contributed by atoms with Gasteiger partial charge in [0.1, 0.15) is 16.9 Å². The molecule has 2 heterocycles. The molecule has 0 saturated carbocycles. The second-order valence-corrected chi connectivity index (χ2v) is 6.85. The van der Waals surface area contributed by atoms with E-state index in [1.54, 1.807) is 29.9 Å². The van der Waals surface area contributed by atoms with E-state index in [1.807, 2.05) is 6.92 Å². The van der Waals surface area contributed by atoms with Gasteiger partial charge in [0, 0.05) is 19.3 Å². The molecule has 0 aliphatic rings. The summed E-state index contributed by atoms with van der Waals surface area (Å²) in [7, 11) is 0. The summed E-state index contributed by atoms with van der Waals surface area (Å²) < 4.78 is 57.6. The fraction of sp³-hybridized carbons (Fsp3) is 0.333. The Kier molecular flexibility index (Phi) is 5.71. The molecule has 0 radical (unpaired) electrons. The predicted molar refractivity (Wildman–Crippen MR) is 96.6 cm³/mol. The highest BCUT2D eigenvalue weighted by Crippen LogP contribution is 2.43. The third-order valence-electron chi connectivity index (χ3n) is 4.07. The van der Waals surface area contributed by atoms with Gasteiger partial charge in [0.25, 0.3) is 0 Å². The molecule has 0 unspecified atom stereocenters. The Balaban J connectivity index is 2.01. The average molecular weight is 398 g/mol. The predicted octanol–water partition coefficient (Wildman–Crippen LogP) is 5.22. The summed E-state index contributed by atoms with van der Waals surface area (Å²) in [4.78, 5) is 4.27. The summed E-state index contributed by atoms with van der Waals surface area (Å²) in [5, 5.41) is 5.57. The quantitative estimate of drug-likeness (QED) is 0.421. The summed E-state index contributed by atoms with van der Waals surface area (Å²) >= 11 is 0.936. The van der Waals surface area contributed by atoms with Gasteiger partial charge in [-0.1, -0.05) is 19.1 Å². The van der Waals surface area contributed by atoms with Gasteiger partial charge < -0.3 is 0 Å². The van der Waals surface area contributed by atoms with E-state index >= 15 is 0 Å². The molecule has 0 aliphatic carbocycles. The lowest BCUT2D eigenvalue weighted by Gasteiger charge is -2.31. The fourth-order valence-corrected chi connectivity index (χ4v) is 3.93. The van der Waals surface area contributed by atoms with Crippen LogP contribution in [0.2, 0.25) is 0 Å². The SMILES string of the molecule is CCN(Sc1nn(CC)c2ncccc12)[C@H](c1ccc(F)cc1)C(F)(F)F. The van der Waals surface area contributed by atoms with Crippen molar-refractivity contribution in [3.05, 3.63) is 54.0 Å². The molecule has 0 fully saturated rings. The Morgan fingerprint density at radius 3 is 2.44 bits per heavy atom. The number of hydrogen-bond acceptors (Lipinski definition) is 4. The second-order valence-electron chi connectivity index (χ2n) is 5.82. The molecule has 3 aromatic rings. The molecular weight excluding hydrogens is 380 g/mol. The molecule has 0 amide bonds. The van der Waals surface area contributed by atoms with Crippen molar-refractivity contribution >= 4 is 23.0 Å². The lowest BCUT2D eigenvalue weighted by molar-refractivity contribution is -0.172. The highest BCUT2D eigenvalue weighted by molar-refractivity contribution is 7.97. The normalized spacial score (nSPS) is 13.4. The van der Waals surface area contributed by atoms with E-state index in [2.05, 4.69) is 10.1 Å². The Morgan fingerprint density at radius 2 is 1.85 bits per heavy atom. The molecule has 0 saturated heterocycles. The topological polar surface area (TPSA) is 34.0 Å². The minimum absolute atomic E-state index is 0.0180. The lowest BCUT2D eigenvalue weighted by Crippen LogP contribution is -2.34. The van der Waals surface area contributed by atoms with E-state index in [4.69, 9.17) is 0 Å². The maximum Gasteiger partial charge on any atom is 0.408 e. The van der Waals surface area contributed by atoms with Gasteiger partial charge in [0.2, 0.25) is 0 Å². The number of aryl methyl sites for hydroxylation is 1. The zero-order valence-corrected chi connectivity index (χ0v) is 15.6. The van der Waals surface area contributed by atoms with Crippen LogP contribution in [0.5, 0.6) is 0 Å². The standard InChI is InChI=1S/C18H18F4N4S/c1-3-25-16-14(6-5-11-23-16)17(24-25)27-26(4-2)15(18(20,21)22)12-7-9-13(19)10-8-12/h5-11,15H,3-4H2,1-2H3/t15-/m1/s1. The number of fused-ring (bicyclic) bond motifs is 1. The van der Waals surface area contributed by atoms with Crippen molar-refractivity contribution in [3.8, 4) is 0 Å². The monoisotopic (exact) mass is 398 g/mol. The van der Waals surface area contributed by atoms with Crippen molar-refractivity contribution in [3.63, 3.8) is 0 Å². The van der Waals surface area contributed by atoms with Gasteiger partial charge in [0.15, 0.2) is 5.65 Å². The van der Waals surface area contributed by atoms with Gasteiger partial charge in [-0.3, -0.25) is 0 Å². The van der Waals surface area contributed by atoms with Crippen LogP contribution in [-0.2, 0) is 6.54 Å². The molecule has 1 atom stereocenters. The Bertz CT molecular complexity index is 908. The maximum atomic E-state index is 13.8. The largest absolute Gasteiger partial charge is 0.408 e. The fourth-order valence-electron chi connectivity index (χ4n) is 2.84. The number of hydrogen-bond donors (Lipinski definition) is 0. The number of rotatable bonds is 6. The third-order valence-corrected chi connectivity index (χ3v) is 5.25. The minimum Gasteiger partial charge on any atom is -0.246 e. The van der Waals surface area contributed by atoms with Crippen molar-refractivity contribution in [1.29, 1.82) is 0 Å². The van der Waals surface area contributed by atoms with Crippen LogP contribution < -0.4 is 0 Å². The minimum atomic E-state index is -4.53. The van der Waals surface area contributed by atoms with Crippen LogP contribution in [0.25, 0.3) is 11.0 Å². The van der Waals surface area contributed by atoms with Crippen LogP contribution in [0.3, 0.4) is 0 Å². The van der Waals surface area contributed by atoms with Gasteiger partial charge in [-0.15, -0.1) is 0 Å². The van der Waals surface area contributed by atoms with Gasteiger partial charge in [-0.25, -0.2) is 18.4 Å². The van der Waals surface area contributed by atoms with E-state index in [0.29, 0.717) is 22.6 Å². The second kappa shape index (κ2) is 7.85. The number of pyridine rings is 1. The first-order valence-corrected chi connectivity index (χ1v) is 9.20. The number of halogens is 4. The summed E-state index contributed by atoms with van der Waals surface area (Å²) in [6.07, 6.45) is -2.90. The van der Waals surface area contributed by atoms with Crippen molar-refractivity contribution < 1.29 is 17.6 Å². The zero-order chi connectivity index (χ0) is 19.6. The molecule has 1 aromatic carbocycles. The number of nitrogens with zero attached hydrogens (tertiary/aromatic N) is 4. The van der Waals surface area contributed by atoms with Crippen LogP contribution in [0.15, 0.2) is 47.6 Å². The molecule has 9 heteroatoms.